The second kappa shape index (κ2) is 8.51. The number of nitrogens with one attached hydrogen (secondary N) is 3. The van der Waals surface area contributed by atoms with Crippen molar-refractivity contribution in [1.82, 2.24) is 10.6 Å². The molecule has 6 nitrogen and oxygen atoms in total. The molecule has 3 N–H and O–H groups in total. The van der Waals surface area contributed by atoms with Gasteiger partial charge in [-0.3, -0.25) is 9.59 Å². The maximum atomic E-state index is 11.9. The predicted molar refractivity (Wildman–Crippen MR) is 84.4 cm³/mol. The monoisotopic (exact) mass is 305 g/mol. The average molecular weight is 305 g/mol. The van der Waals surface area contributed by atoms with Crippen molar-refractivity contribution < 1.29 is 14.3 Å². The van der Waals surface area contributed by atoms with Crippen molar-refractivity contribution in [2.45, 2.75) is 32.4 Å². The normalized spacial score (nSPS) is 17.8. The summed E-state index contributed by atoms with van der Waals surface area (Å²) >= 11 is 0. The van der Waals surface area contributed by atoms with Crippen molar-refractivity contribution in [2.75, 3.05) is 25.1 Å². The quantitative estimate of drug-likeness (QED) is 0.733. The van der Waals surface area contributed by atoms with Crippen LogP contribution in [0.1, 0.15) is 25.3 Å². The third-order valence-corrected chi connectivity index (χ3v) is 3.42. The summed E-state index contributed by atoms with van der Waals surface area (Å²) in [7, 11) is 0. The Kier molecular flexibility index (Phi) is 6.36. The highest BCUT2D eigenvalue weighted by Gasteiger charge is 2.20. The van der Waals surface area contributed by atoms with Gasteiger partial charge in [0.15, 0.2) is 0 Å². The number of carbonyl (C=O) groups is 2. The van der Waals surface area contributed by atoms with E-state index in [0.29, 0.717) is 32.7 Å². The number of morpholine rings is 1. The zero-order valence-electron chi connectivity index (χ0n) is 12.9. The van der Waals surface area contributed by atoms with Gasteiger partial charge in [-0.2, -0.15) is 0 Å². The standard InChI is InChI=1S/C16H23N3O3/c1-2-3-15(20)19-13-6-4-12(5-7-13)10-18-16(21)14-11-22-9-8-17-14/h4-7,14,17H,2-3,8-11H2,1H3,(H,18,21)(H,19,20). The first-order valence-corrected chi connectivity index (χ1v) is 7.66. The summed E-state index contributed by atoms with van der Waals surface area (Å²) < 4.78 is 5.26. The fraction of sp³-hybridized carbons (Fsp3) is 0.500. The predicted octanol–water partition coefficient (Wildman–Crippen LogP) is 1.03. The summed E-state index contributed by atoms with van der Waals surface area (Å²) in [5.74, 6) is -0.0352. The van der Waals surface area contributed by atoms with Gasteiger partial charge < -0.3 is 20.7 Å². The number of hydrogen-bond acceptors (Lipinski definition) is 4. The lowest BCUT2D eigenvalue weighted by atomic mass is 10.2. The van der Waals surface area contributed by atoms with Gasteiger partial charge in [0.25, 0.3) is 0 Å². The highest BCUT2D eigenvalue weighted by molar-refractivity contribution is 5.90. The minimum absolute atomic E-state index is 0.0203. The second-order valence-corrected chi connectivity index (χ2v) is 5.29. The van der Waals surface area contributed by atoms with Crippen molar-refractivity contribution in [1.29, 1.82) is 0 Å². The largest absolute Gasteiger partial charge is 0.378 e. The van der Waals surface area contributed by atoms with E-state index in [1.165, 1.54) is 0 Å². The minimum Gasteiger partial charge on any atom is -0.378 e. The molecule has 22 heavy (non-hydrogen) atoms. The van der Waals surface area contributed by atoms with Gasteiger partial charge in [-0.05, 0) is 24.1 Å². The molecule has 1 fully saturated rings. The van der Waals surface area contributed by atoms with Crippen molar-refractivity contribution >= 4 is 17.5 Å². The van der Waals surface area contributed by atoms with Crippen LogP contribution >= 0.6 is 0 Å². The first-order valence-electron chi connectivity index (χ1n) is 7.66. The number of carbonyl (C=O) groups excluding carboxylic acids is 2. The van der Waals surface area contributed by atoms with Crippen molar-refractivity contribution in [3.05, 3.63) is 29.8 Å². The van der Waals surface area contributed by atoms with Gasteiger partial charge in [0.05, 0.1) is 13.2 Å². The summed E-state index contributed by atoms with van der Waals surface area (Å²) in [6, 6.07) is 7.20. The van der Waals surface area contributed by atoms with Crippen LogP contribution in [-0.2, 0) is 20.9 Å². The fourth-order valence-corrected chi connectivity index (χ4v) is 2.20. The van der Waals surface area contributed by atoms with E-state index in [2.05, 4.69) is 16.0 Å². The fourth-order valence-electron chi connectivity index (χ4n) is 2.20. The van der Waals surface area contributed by atoms with E-state index in [-0.39, 0.29) is 17.9 Å². The third-order valence-electron chi connectivity index (χ3n) is 3.42. The van der Waals surface area contributed by atoms with Gasteiger partial charge in [-0.1, -0.05) is 19.1 Å². The zero-order valence-corrected chi connectivity index (χ0v) is 12.9. The lowest BCUT2D eigenvalue weighted by Gasteiger charge is -2.22. The van der Waals surface area contributed by atoms with Gasteiger partial charge in [0, 0.05) is 25.2 Å². The van der Waals surface area contributed by atoms with Gasteiger partial charge in [-0.25, -0.2) is 0 Å². The van der Waals surface area contributed by atoms with Crippen LogP contribution in [0.3, 0.4) is 0 Å². The maximum absolute atomic E-state index is 11.9. The molecule has 1 saturated heterocycles. The number of rotatable bonds is 6. The molecule has 1 aromatic rings. The van der Waals surface area contributed by atoms with Gasteiger partial charge in [0.1, 0.15) is 6.04 Å². The van der Waals surface area contributed by atoms with E-state index in [0.717, 1.165) is 17.7 Å². The molecule has 120 valence electrons. The van der Waals surface area contributed by atoms with E-state index in [1.807, 2.05) is 31.2 Å². The number of ether oxygens (including phenoxy) is 1. The molecule has 2 amide bonds. The van der Waals surface area contributed by atoms with E-state index in [1.54, 1.807) is 0 Å². The Morgan fingerprint density at radius 2 is 2.09 bits per heavy atom. The highest BCUT2D eigenvalue weighted by Crippen LogP contribution is 2.10. The van der Waals surface area contributed by atoms with E-state index >= 15 is 0 Å². The van der Waals surface area contributed by atoms with Crippen LogP contribution in [-0.4, -0.2) is 37.6 Å². The van der Waals surface area contributed by atoms with Crippen LogP contribution in [0.25, 0.3) is 0 Å². The Morgan fingerprint density at radius 3 is 2.73 bits per heavy atom. The molecule has 0 radical (unpaired) electrons. The molecule has 0 aliphatic carbocycles. The molecule has 1 aliphatic heterocycles. The van der Waals surface area contributed by atoms with Crippen molar-refractivity contribution in [2.24, 2.45) is 0 Å². The topological polar surface area (TPSA) is 79.5 Å². The first-order chi connectivity index (χ1) is 10.7. The van der Waals surface area contributed by atoms with Gasteiger partial charge in [-0.15, -0.1) is 0 Å². The molecule has 1 aliphatic rings. The molecule has 1 heterocycles. The lowest BCUT2D eigenvalue weighted by Crippen LogP contribution is -2.51. The second-order valence-electron chi connectivity index (χ2n) is 5.29. The molecule has 6 heteroatoms. The lowest BCUT2D eigenvalue weighted by molar-refractivity contribution is -0.126. The molecule has 1 atom stereocenters. The molecular weight excluding hydrogens is 282 g/mol. The average Bonchev–Trinajstić information content (AvgIpc) is 2.55. The number of amides is 2. The van der Waals surface area contributed by atoms with Crippen LogP contribution in [0.4, 0.5) is 5.69 Å². The maximum Gasteiger partial charge on any atom is 0.239 e. The Morgan fingerprint density at radius 1 is 1.32 bits per heavy atom. The van der Waals surface area contributed by atoms with Gasteiger partial charge >= 0.3 is 0 Å². The molecule has 0 saturated carbocycles. The van der Waals surface area contributed by atoms with E-state index < -0.39 is 0 Å². The Bertz CT molecular complexity index is 496. The SMILES string of the molecule is CCCC(=O)Nc1ccc(CNC(=O)C2COCCN2)cc1. The Labute approximate surface area is 130 Å². The van der Waals surface area contributed by atoms with E-state index in [9.17, 15) is 9.59 Å². The molecule has 1 aromatic carbocycles. The summed E-state index contributed by atoms with van der Waals surface area (Å²) in [5.41, 5.74) is 1.76. The van der Waals surface area contributed by atoms with Crippen LogP contribution < -0.4 is 16.0 Å². The van der Waals surface area contributed by atoms with Crippen LogP contribution in [0.2, 0.25) is 0 Å². The zero-order chi connectivity index (χ0) is 15.8. The van der Waals surface area contributed by atoms with Crippen LogP contribution in [0.5, 0.6) is 0 Å². The molecule has 0 bridgehead atoms. The smallest absolute Gasteiger partial charge is 0.239 e. The summed E-state index contributed by atoms with van der Waals surface area (Å²) in [5, 5.41) is 8.83. The molecule has 0 spiro atoms. The molecule has 0 aromatic heterocycles. The van der Waals surface area contributed by atoms with E-state index in [4.69, 9.17) is 4.74 Å². The molecule has 1 unspecified atom stereocenters. The number of hydrogen-bond donors (Lipinski definition) is 3. The van der Waals surface area contributed by atoms with Crippen LogP contribution in [0.15, 0.2) is 24.3 Å². The molecular formula is C16H23N3O3. The van der Waals surface area contributed by atoms with Crippen molar-refractivity contribution in [3.8, 4) is 0 Å². The van der Waals surface area contributed by atoms with Gasteiger partial charge in [0.2, 0.25) is 11.8 Å². The number of benzene rings is 1. The van der Waals surface area contributed by atoms with Crippen LogP contribution in [0, 0.1) is 0 Å². The number of anilines is 1. The Hall–Kier alpha value is -1.92. The molecule has 2 rings (SSSR count). The first kappa shape index (κ1) is 16.5. The third kappa shape index (κ3) is 5.13. The summed E-state index contributed by atoms with van der Waals surface area (Å²) in [6.45, 7) is 4.19. The summed E-state index contributed by atoms with van der Waals surface area (Å²) in [6.07, 6.45) is 1.35. The highest BCUT2D eigenvalue weighted by atomic mass is 16.5. The Balaban J connectivity index is 1.78. The summed E-state index contributed by atoms with van der Waals surface area (Å²) in [4.78, 5) is 23.4. The van der Waals surface area contributed by atoms with Crippen molar-refractivity contribution in [3.63, 3.8) is 0 Å². The minimum atomic E-state index is -0.277.